The van der Waals surface area contributed by atoms with Gasteiger partial charge in [-0.05, 0) is 39.8 Å². The third-order valence-electron chi connectivity index (χ3n) is 2.23. The average molecular weight is 266 g/mol. The summed E-state index contributed by atoms with van der Waals surface area (Å²) in [5, 5.41) is 9.08. The Kier molecular flexibility index (Phi) is 4.47. The van der Waals surface area contributed by atoms with Crippen molar-refractivity contribution >= 4 is 17.9 Å². The molecule has 1 N–H and O–H groups in total. The zero-order chi connectivity index (χ0) is 14.6. The molecule has 0 spiro atoms. The molecule has 0 unspecified atom stereocenters. The smallest absolute Gasteiger partial charge is 0.416 e. The summed E-state index contributed by atoms with van der Waals surface area (Å²) < 4.78 is 5.21. The van der Waals surface area contributed by atoms with Crippen molar-refractivity contribution in [1.82, 2.24) is 4.98 Å². The predicted molar refractivity (Wildman–Crippen MR) is 70.0 cm³/mol. The molecule has 1 aromatic heterocycles. The minimum Gasteiger partial charge on any atom is -0.480 e. The average Bonchev–Trinajstić information content (AvgIpc) is 2.28. The second-order valence-corrected chi connectivity index (χ2v) is 5.05. The lowest BCUT2D eigenvalue weighted by molar-refractivity contribution is -0.138. The van der Waals surface area contributed by atoms with Crippen LogP contribution in [0.1, 0.15) is 27.7 Å². The second kappa shape index (κ2) is 5.69. The lowest BCUT2D eigenvalue weighted by Gasteiger charge is -2.28. The first-order valence-corrected chi connectivity index (χ1v) is 5.88. The van der Waals surface area contributed by atoms with Crippen molar-refractivity contribution in [2.24, 2.45) is 0 Å². The van der Waals surface area contributed by atoms with Crippen molar-refractivity contribution in [3.63, 3.8) is 0 Å². The molecule has 0 aliphatic heterocycles. The fourth-order valence-electron chi connectivity index (χ4n) is 1.37. The molecule has 0 bridgehead atoms. The van der Waals surface area contributed by atoms with Gasteiger partial charge in [0, 0.05) is 6.20 Å². The number of nitrogens with zero attached hydrogens (tertiary/aromatic N) is 2. The highest BCUT2D eigenvalue weighted by atomic mass is 16.6. The van der Waals surface area contributed by atoms with Crippen molar-refractivity contribution < 1.29 is 19.4 Å². The Labute approximate surface area is 112 Å². The van der Waals surface area contributed by atoms with Crippen LogP contribution in [0.3, 0.4) is 0 Å². The van der Waals surface area contributed by atoms with Gasteiger partial charge in [0.2, 0.25) is 0 Å². The van der Waals surface area contributed by atoms with Gasteiger partial charge in [-0.25, -0.2) is 19.5 Å². The van der Waals surface area contributed by atoms with Crippen LogP contribution in [0.15, 0.2) is 24.4 Å². The molecule has 0 aromatic carbocycles. The Hall–Kier alpha value is -2.11. The first-order chi connectivity index (χ1) is 8.72. The Morgan fingerprint density at radius 1 is 1.37 bits per heavy atom. The van der Waals surface area contributed by atoms with Gasteiger partial charge < -0.3 is 9.84 Å². The van der Waals surface area contributed by atoms with E-state index in [0.717, 1.165) is 4.90 Å². The van der Waals surface area contributed by atoms with Crippen molar-refractivity contribution in [3.8, 4) is 0 Å². The molecule has 0 saturated heterocycles. The van der Waals surface area contributed by atoms with Gasteiger partial charge in [0.25, 0.3) is 0 Å². The monoisotopic (exact) mass is 266 g/mol. The SMILES string of the molecule is C[C@H](C(=O)O)N(C(=O)OC(C)(C)C)c1ccccn1. The Balaban J connectivity index is 3.07. The minimum absolute atomic E-state index is 0.242. The maximum absolute atomic E-state index is 12.1. The number of anilines is 1. The van der Waals surface area contributed by atoms with Gasteiger partial charge in [-0.3, -0.25) is 0 Å². The summed E-state index contributed by atoms with van der Waals surface area (Å²) in [5.74, 6) is -0.886. The van der Waals surface area contributed by atoms with Crippen LogP contribution in [0.25, 0.3) is 0 Å². The third-order valence-corrected chi connectivity index (χ3v) is 2.23. The van der Waals surface area contributed by atoms with Gasteiger partial charge in [-0.1, -0.05) is 6.07 Å². The summed E-state index contributed by atoms with van der Waals surface area (Å²) in [6.45, 7) is 6.55. The molecule has 0 aliphatic rings. The van der Waals surface area contributed by atoms with E-state index in [1.54, 1.807) is 39.0 Å². The van der Waals surface area contributed by atoms with E-state index >= 15 is 0 Å². The Bertz CT molecular complexity index is 453. The molecular weight excluding hydrogens is 248 g/mol. The number of rotatable bonds is 3. The highest BCUT2D eigenvalue weighted by molar-refractivity contribution is 5.94. The van der Waals surface area contributed by atoms with Gasteiger partial charge in [0.15, 0.2) is 0 Å². The highest BCUT2D eigenvalue weighted by Crippen LogP contribution is 2.18. The third kappa shape index (κ3) is 4.24. The molecule has 1 heterocycles. The molecule has 104 valence electrons. The predicted octanol–water partition coefficient (Wildman–Crippen LogP) is 2.30. The summed E-state index contributed by atoms with van der Waals surface area (Å²) in [6.07, 6.45) is 0.752. The lowest BCUT2D eigenvalue weighted by Crippen LogP contribution is -2.46. The van der Waals surface area contributed by atoms with Gasteiger partial charge in [-0.2, -0.15) is 0 Å². The number of pyridine rings is 1. The second-order valence-electron chi connectivity index (χ2n) is 5.05. The number of carboxylic acid groups (broad SMARTS) is 1. The van der Waals surface area contributed by atoms with Crippen molar-refractivity contribution in [2.45, 2.75) is 39.3 Å². The molecule has 1 amide bonds. The van der Waals surface area contributed by atoms with Gasteiger partial charge in [0.1, 0.15) is 17.5 Å². The summed E-state index contributed by atoms with van der Waals surface area (Å²) in [7, 11) is 0. The molecule has 0 fully saturated rings. The molecule has 6 heteroatoms. The van der Waals surface area contributed by atoms with Crippen LogP contribution >= 0.6 is 0 Å². The van der Waals surface area contributed by atoms with Gasteiger partial charge in [-0.15, -0.1) is 0 Å². The zero-order valence-corrected chi connectivity index (χ0v) is 11.5. The van der Waals surface area contributed by atoms with E-state index in [9.17, 15) is 9.59 Å². The quantitative estimate of drug-likeness (QED) is 0.908. The molecule has 1 rings (SSSR count). The topological polar surface area (TPSA) is 79.7 Å². The van der Waals surface area contributed by atoms with Gasteiger partial charge >= 0.3 is 12.1 Å². The van der Waals surface area contributed by atoms with E-state index in [-0.39, 0.29) is 5.82 Å². The molecule has 1 atom stereocenters. The number of carbonyl (C=O) groups is 2. The summed E-state index contributed by atoms with van der Waals surface area (Å²) in [4.78, 5) is 28.2. The van der Waals surface area contributed by atoms with E-state index in [0.29, 0.717) is 0 Å². The van der Waals surface area contributed by atoms with Gasteiger partial charge in [0.05, 0.1) is 0 Å². The maximum atomic E-state index is 12.1. The van der Waals surface area contributed by atoms with Crippen LogP contribution in [0.5, 0.6) is 0 Å². The molecule has 0 saturated carbocycles. The normalized spacial score (nSPS) is 12.6. The van der Waals surface area contributed by atoms with E-state index in [4.69, 9.17) is 9.84 Å². The van der Waals surface area contributed by atoms with Crippen LogP contribution in [0.2, 0.25) is 0 Å². The lowest BCUT2D eigenvalue weighted by atomic mass is 10.2. The standard InChI is InChI=1S/C13H18N2O4/c1-9(11(16)17)15(10-7-5-6-8-14-10)12(18)19-13(2,3)4/h5-9H,1-4H3,(H,16,17)/t9-/m1/s1. The first kappa shape index (κ1) is 14.9. The number of carbonyl (C=O) groups excluding carboxylic acids is 1. The van der Waals surface area contributed by atoms with E-state index in [2.05, 4.69) is 4.98 Å². The molecule has 19 heavy (non-hydrogen) atoms. The summed E-state index contributed by atoms with van der Waals surface area (Å²) in [6, 6.07) is 3.85. The number of aromatic nitrogens is 1. The molecule has 0 aliphatic carbocycles. The fraction of sp³-hybridized carbons (Fsp3) is 0.462. The molecule has 1 aromatic rings. The number of ether oxygens (including phenoxy) is 1. The van der Waals surface area contributed by atoms with E-state index < -0.39 is 23.7 Å². The van der Waals surface area contributed by atoms with Crippen LogP contribution < -0.4 is 4.90 Å². The zero-order valence-electron chi connectivity index (χ0n) is 11.5. The number of carboxylic acids is 1. The van der Waals surface area contributed by atoms with Crippen LogP contribution in [0, 0.1) is 0 Å². The first-order valence-electron chi connectivity index (χ1n) is 5.88. The van der Waals surface area contributed by atoms with Crippen LogP contribution in [0.4, 0.5) is 10.6 Å². The number of aliphatic carboxylic acids is 1. The fourth-order valence-corrected chi connectivity index (χ4v) is 1.37. The van der Waals surface area contributed by atoms with E-state index in [1.807, 2.05) is 0 Å². The largest absolute Gasteiger partial charge is 0.480 e. The Morgan fingerprint density at radius 2 is 2.00 bits per heavy atom. The minimum atomic E-state index is -1.13. The van der Waals surface area contributed by atoms with Crippen LogP contribution in [-0.2, 0) is 9.53 Å². The van der Waals surface area contributed by atoms with Crippen molar-refractivity contribution in [3.05, 3.63) is 24.4 Å². The molecule has 6 nitrogen and oxygen atoms in total. The maximum Gasteiger partial charge on any atom is 0.416 e. The van der Waals surface area contributed by atoms with Crippen molar-refractivity contribution in [1.29, 1.82) is 0 Å². The van der Waals surface area contributed by atoms with Crippen molar-refractivity contribution in [2.75, 3.05) is 4.90 Å². The summed E-state index contributed by atoms with van der Waals surface area (Å²) >= 11 is 0. The number of hydrogen-bond acceptors (Lipinski definition) is 4. The number of hydrogen-bond donors (Lipinski definition) is 1. The Morgan fingerprint density at radius 3 is 2.42 bits per heavy atom. The highest BCUT2D eigenvalue weighted by Gasteiger charge is 2.31. The summed E-state index contributed by atoms with van der Waals surface area (Å²) in [5.41, 5.74) is -0.706. The van der Waals surface area contributed by atoms with Crippen LogP contribution in [-0.4, -0.2) is 33.8 Å². The number of amides is 1. The molecule has 0 radical (unpaired) electrons. The van der Waals surface area contributed by atoms with E-state index in [1.165, 1.54) is 13.1 Å². The molecular formula is C13H18N2O4.